The summed E-state index contributed by atoms with van der Waals surface area (Å²) in [7, 11) is 0. The lowest BCUT2D eigenvalue weighted by Gasteiger charge is -2.40. The number of amides is 1. The van der Waals surface area contributed by atoms with E-state index in [1.54, 1.807) is 0 Å². The van der Waals surface area contributed by atoms with Gasteiger partial charge < -0.3 is 4.90 Å². The topological polar surface area (TPSA) is 46.1 Å². The molecule has 0 radical (unpaired) electrons. The summed E-state index contributed by atoms with van der Waals surface area (Å²) >= 11 is 0. The highest BCUT2D eigenvalue weighted by atomic mass is 16.2. The fourth-order valence-corrected chi connectivity index (χ4v) is 3.39. The zero-order valence-electron chi connectivity index (χ0n) is 14.0. The predicted octanol–water partition coefficient (Wildman–Crippen LogP) is 3.17. The van der Waals surface area contributed by atoms with E-state index in [2.05, 4.69) is 41.2 Å². The zero-order chi connectivity index (χ0) is 16.4. The molecule has 1 aromatic carbocycles. The summed E-state index contributed by atoms with van der Waals surface area (Å²) in [5, 5.41) is 0. The summed E-state index contributed by atoms with van der Waals surface area (Å²) < 4.78 is 0. The normalized spacial score (nSPS) is 21.5. The Balaban J connectivity index is 1.82. The second-order valence-electron chi connectivity index (χ2n) is 6.74. The summed E-state index contributed by atoms with van der Waals surface area (Å²) in [6.45, 7) is 7.37. The summed E-state index contributed by atoms with van der Waals surface area (Å²) in [6.07, 6.45) is 1.47. The highest BCUT2D eigenvalue weighted by Gasteiger charge is 2.36. The van der Waals surface area contributed by atoms with Gasteiger partial charge in [0.1, 0.15) is 5.82 Å². The van der Waals surface area contributed by atoms with Crippen molar-refractivity contribution in [3.8, 4) is 0 Å². The molecule has 0 spiro atoms. The van der Waals surface area contributed by atoms with Crippen LogP contribution in [0.3, 0.4) is 0 Å². The molecule has 1 saturated heterocycles. The molecular weight excluding hydrogens is 286 g/mol. The van der Waals surface area contributed by atoms with Crippen LogP contribution in [0.1, 0.15) is 42.5 Å². The average molecular weight is 309 g/mol. The van der Waals surface area contributed by atoms with Gasteiger partial charge in [0.25, 0.3) is 0 Å². The van der Waals surface area contributed by atoms with Crippen molar-refractivity contribution >= 4 is 5.91 Å². The van der Waals surface area contributed by atoms with E-state index in [1.807, 2.05) is 30.9 Å². The summed E-state index contributed by atoms with van der Waals surface area (Å²) in [4.78, 5) is 23.2. The molecule has 4 nitrogen and oxygen atoms in total. The minimum absolute atomic E-state index is 0.00591. The van der Waals surface area contributed by atoms with Crippen LogP contribution in [0.4, 0.5) is 0 Å². The molecular formula is C19H23N3O. The molecule has 2 heterocycles. The maximum absolute atomic E-state index is 12.4. The highest BCUT2D eigenvalue weighted by molar-refractivity contribution is 5.77. The minimum atomic E-state index is -0.00591. The lowest BCUT2D eigenvalue weighted by Crippen LogP contribution is -2.47. The average Bonchev–Trinajstić information content (AvgIpc) is 2.51. The first kappa shape index (κ1) is 15.7. The smallest absolute Gasteiger partial charge is 0.223 e. The first-order chi connectivity index (χ1) is 11.0. The number of piperidine rings is 1. The Morgan fingerprint density at radius 3 is 2.43 bits per heavy atom. The summed E-state index contributed by atoms with van der Waals surface area (Å²) in [5.74, 6) is 0.925. The fraction of sp³-hybridized carbons (Fsp3) is 0.421. The van der Waals surface area contributed by atoms with Crippen LogP contribution in [0.15, 0.2) is 36.4 Å². The van der Waals surface area contributed by atoms with Gasteiger partial charge in [0.15, 0.2) is 0 Å². The lowest BCUT2D eigenvalue weighted by molar-refractivity contribution is -0.136. The predicted molar refractivity (Wildman–Crippen MR) is 90.0 cm³/mol. The van der Waals surface area contributed by atoms with Gasteiger partial charge in [-0.05, 0) is 31.9 Å². The molecule has 0 aliphatic carbocycles. The Hall–Kier alpha value is -2.23. The van der Waals surface area contributed by atoms with E-state index in [-0.39, 0.29) is 11.3 Å². The van der Waals surface area contributed by atoms with Crippen molar-refractivity contribution in [3.63, 3.8) is 0 Å². The van der Waals surface area contributed by atoms with Crippen molar-refractivity contribution in [2.45, 2.75) is 45.6 Å². The third-order valence-electron chi connectivity index (χ3n) is 4.61. The van der Waals surface area contributed by atoms with E-state index >= 15 is 0 Å². The number of rotatable bonds is 3. The standard InChI is InChI=1S/C19H23N3O/c1-14-11-15(2)21-17(20-14)12-22-13-19(3,10-9-18(22)23)16-7-5-4-6-8-16/h4-8,11H,9-10,12-13H2,1-3H3. The number of benzene rings is 1. The summed E-state index contributed by atoms with van der Waals surface area (Å²) in [6, 6.07) is 12.4. The van der Waals surface area contributed by atoms with Gasteiger partial charge >= 0.3 is 0 Å². The van der Waals surface area contributed by atoms with Gasteiger partial charge in [-0.15, -0.1) is 0 Å². The Morgan fingerprint density at radius 1 is 1.13 bits per heavy atom. The number of aromatic nitrogens is 2. The first-order valence-corrected chi connectivity index (χ1v) is 8.11. The van der Waals surface area contributed by atoms with E-state index in [1.165, 1.54) is 5.56 Å². The van der Waals surface area contributed by atoms with Crippen molar-refractivity contribution in [3.05, 3.63) is 59.2 Å². The molecule has 1 amide bonds. The zero-order valence-corrected chi connectivity index (χ0v) is 14.0. The van der Waals surface area contributed by atoms with E-state index in [0.717, 1.165) is 23.6 Å². The molecule has 1 aliphatic heterocycles. The minimum Gasteiger partial charge on any atom is -0.334 e. The van der Waals surface area contributed by atoms with Crippen LogP contribution in [0.25, 0.3) is 0 Å². The van der Waals surface area contributed by atoms with Gasteiger partial charge in [-0.2, -0.15) is 0 Å². The Bertz CT molecular complexity index is 694. The first-order valence-electron chi connectivity index (χ1n) is 8.11. The summed E-state index contributed by atoms with van der Waals surface area (Å²) in [5.41, 5.74) is 3.18. The number of carbonyl (C=O) groups is 1. The molecule has 1 unspecified atom stereocenters. The number of hydrogen-bond acceptors (Lipinski definition) is 3. The van der Waals surface area contributed by atoms with E-state index in [9.17, 15) is 4.79 Å². The van der Waals surface area contributed by atoms with Crippen LogP contribution in [0, 0.1) is 13.8 Å². The third kappa shape index (κ3) is 3.41. The SMILES string of the molecule is Cc1cc(C)nc(CN2CC(C)(c3ccccc3)CCC2=O)n1. The van der Waals surface area contributed by atoms with Crippen LogP contribution in [0.5, 0.6) is 0 Å². The van der Waals surface area contributed by atoms with Crippen LogP contribution >= 0.6 is 0 Å². The van der Waals surface area contributed by atoms with Gasteiger partial charge in [0.2, 0.25) is 5.91 Å². The Kier molecular flexibility index (Phi) is 4.16. The Morgan fingerprint density at radius 2 is 1.78 bits per heavy atom. The molecule has 0 N–H and O–H groups in total. The van der Waals surface area contributed by atoms with Crippen molar-refractivity contribution < 1.29 is 4.79 Å². The van der Waals surface area contributed by atoms with Gasteiger partial charge in [0.05, 0.1) is 6.54 Å². The maximum Gasteiger partial charge on any atom is 0.223 e. The molecule has 0 saturated carbocycles. The number of hydrogen-bond donors (Lipinski definition) is 0. The lowest BCUT2D eigenvalue weighted by atomic mass is 9.75. The van der Waals surface area contributed by atoms with Crippen LogP contribution < -0.4 is 0 Å². The van der Waals surface area contributed by atoms with E-state index in [4.69, 9.17) is 0 Å². The quantitative estimate of drug-likeness (QED) is 0.875. The number of likely N-dealkylation sites (tertiary alicyclic amines) is 1. The molecule has 120 valence electrons. The number of aryl methyl sites for hydroxylation is 2. The molecule has 4 heteroatoms. The third-order valence-corrected chi connectivity index (χ3v) is 4.61. The molecule has 23 heavy (non-hydrogen) atoms. The molecule has 0 bridgehead atoms. The van der Waals surface area contributed by atoms with Gasteiger partial charge in [-0.25, -0.2) is 9.97 Å². The van der Waals surface area contributed by atoms with Gasteiger partial charge in [0, 0.05) is 29.8 Å². The van der Waals surface area contributed by atoms with Gasteiger partial charge in [-0.1, -0.05) is 37.3 Å². The fourth-order valence-electron chi connectivity index (χ4n) is 3.39. The van der Waals surface area contributed by atoms with Gasteiger partial charge in [-0.3, -0.25) is 4.79 Å². The number of carbonyl (C=O) groups excluding carboxylic acids is 1. The Labute approximate surface area is 137 Å². The molecule has 1 atom stereocenters. The van der Waals surface area contributed by atoms with E-state index < -0.39 is 0 Å². The van der Waals surface area contributed by atoms with Crippen molar-refractivity contribution in [1.82, 2.24) is 14.9 Å². The maximum atomic E-state index is 12.4. The van der Waals surface area contributed by atoms with Crippen LogP contribution in [-0.4, -0.2) is 27.3 Å². The van der Waals surface area contributed by atoms with E-state index in [0.29, 0.717) is 19.5 Å². The molecule has 2 aromatic rings. The highest BCUT2D eigenvalue weighted by Crippen LogP contribution is 2.34. The largest absolute Gasteiger partial charge is 0.334 e. The molecule has 1 fully saturated rings. The van der Waals surface area contributed by atoms with Crippen LogP contribution in [-0.2, 0) is 16.8 Å². The second kappa shape index (κ2) is 6.11. The number of nitrogens with zero attached hydrogens (tertiary/aromatic N) is 3. The van der Waals surface area contributed by atoms with Crippen LogP contribution in [0.2, 0.25) is 0 Å². The van der Waals surface area contributed by atoms with Crippen molar-refractivity contribution in [1.29, 1.82) is 0 Å². The van der Waals surface area contributed by atoms with Crippen molar-refractivity contribution in [2.75, 3.05) is 6.54 Å². The molecule has 1 aliphatic rings. The molecule has 1 aromatic heterocycles. The molecule has 3 rings (SSSR count). The second-order valence-corrected chi connectivity index (χ2v) is 6.74. The van der Waals surface area contributed by atoms with Crippen molar-refractivity contribution in [2.24, 2.45) is 0 Å². The monoisotopic (exact) mass is 309 g/mol.